The van der Waals surface area contributed by atoms with Crippen LogP contribution in [0.25, 0.3) is 0 Å². The molecule has 0 aliphatic carbocycles. The number of carbonyl (C=O) groups is 1. The number of carbonyl (C=O) groups excluding carboxylic acids is 1. The molecule has 3 aliphatic heterocycles. The summed E-state index contributed by atoms with van der Waals surface area (Å²) < 4.78 is 24.2. The van der Waals surface area contributed by atoms with Gasteiger partial charge < -0.3 is 4.90 Å². The number of nitrogens with zero attached hydrogens (tertiary/aromatic N) is 4. The summed E-state index contributed by atoms with van der Waals surface area (Å²) >= 11 is 7.64. The number of rotatable bonds is 5. The van der Waals surface area contributed by atoms with Crippen LogP contribution < -0.4 is 0 Å². The van der Waals surface area contributed by atoms with Crippen LogP contribution in [0.3, 0.4) is 0 Å². The van der Waals surface area contributed by atoms with Gasteiger partial charge in [0.05, 0.1) is 22.4 Å². The van der Waals surface area contributed by atoms with E-state index in [9.17, 15) is 13.2 Å². The van der Waals surface area contributed by atoms with Crippen LogP contribution >= 0.6 is 22.9 Å². The molecule has 3 fully saturated rings. The molecular weight excluding hydrogens is 432 g/mol. The highest BCUT2D eigenvalue weighted by molar-refractivity contribution is 7.91. The van der Waals surface area contributed by atoms with E-state index in [1.807, 2.05) is 11.0 Å². The summed E-state index contributed by atoms with van der Waals surface area (Å²) in [5, 5.41) is 0. The summed E-state index contributed by atoms with van der Waals surface area (Å²) in [6, 6.07) is 4.18. The standard InChI is InChI=1S/C19H29ClN4O3S2/c20-18-2-1-17(28-18)13-21-4-6-22(7-5-21)14-19(25)24-10-8-23(9-11-24)16-3-12-29(26,27)15-16/h1-2,16H,3-15H2. The summed E-state index contributed by atoms with van der Waals surface area (Å²) in [5.41, 5.74) is 0. The maximum Gasteiger partial charge on any atom is 0.236 e. The fourth-order valence-corrected chi connectivity index (χ4v) is 7.35. The van der Waals surface area contributed by atoms with Gasteiger partial charge >= 0.3 is 0 Å². The number of hydrogen-bond acceptors (Lipinski definition) is 7. The number of sulfone groups is 1. The van der Waals surface area contributed by atoms with Crippen LogP contribution in [0.2, 0.25) is 4.34 Å². The lowest BCUT2D eigenvalue weighted by Crippen LogP contribution is -2.55. The van der Waals surface area contributed by atoms with Crippen molar-refractivity contribution < 1.29 is 13.2 Å². The molecule has 1 atom stereocenters. The van der Waals surface area contributed by atoms with Gasteiger partial charge in [0.25, 0.3) is 0 Å². The van der Waals surface area contributed by atoms with Gasteiger partial charge in [-0.2, -0.15) is 0 Å². The molecule has 162 valence electrons. The highest BCUT2D eigenvalue weighted by Gasteiger charge is 2.34. The fourth-order valence-electron chi connectivity index (χ4n) is 4.45. The molecule has 1 aromatic heterocycles. The van der Waals surface area contributed by atoms with Gasteiger partial charge in [0.2, 0.25) is 5.91 Å². The molecule has 1 amide bonds. The lowest BCUT2D eigenvalue weighted by Gasteiger charge is -2.39. The van der Waals surface area contributed by atoms with Crippen LogP contribution in [0.4, 0.5) is 0 Å². The molecule has 10 heteroatoms. The van der Waals surface area contributed by atoms with Crippen molar-refractivity contribution in [3.63, 3.8) is 0 Å². The molecule has 0 radical (unpaired) electrons. The predicted molar refractivity (Wildman–Crippen MR) is 116 cm³/mol. The van der Waals surface area contributed by atoms with Gasteiger partial charge in [-0.1, -0.05) is 11.6 Å². The topological polar surface area (TPSA) is 64.2 Å². The minimum Gasteiger partial charge on any atom is -0.339 e. The van der Waals surface area contributed by atoms with E-state index in [4.69, 9.17) is 11.6 Å². The predicted octanol–water partition coefficient (Wildman–Crippen LogP) is 0.850. The van der Waals surface area contributed by atoms with Crippen molar-refractivity contribution in [2.45, 2.75) is 19.0 Å². The lowest BCUT2D eigenvalue weighted by atomic mass is 10.2. The lowest BCUT2D eigenvalue weighted by molar-refractivity contribution is -0.134. The number of thiophene rings is 1. The first-order valence-corrected chi connectivity index (χ1v) is 13.3. The molecular formula is C19H29ClN4O3S2. The number of halogens is 1. The van der Waals surface area contributed by atoms with Gasteiger partial charge in [-0.3, -0.25) is 19.5 Å². The molecule has 0 spiro atoms. The number of amides is 1. The highest BCUT2D eigenvalue weighted by atomic mass is 35.5. The molecule has 0 N–H and O–H groups in total. The minimum atomic E-state index is -2.86. The third-order valence-electron chi connectivity index (χ3n) is 6.22. The van der Waals surface area contributed by atoms with Crippen LogP contribution in [0.15, 0.2) is 12.1 Å². The van der Waals surface area contributed by atoms with E-state index < -0.39 is 9.84 Å². The molecule has 1 aromatic rings. The first-order valence-electron chi connectivity index (χ1n) is 10.3. The Balaban J connectivity index is 1.17. The Morgan fingerprint density at radius 3 is 2.31 bits per heavy atom. The van der Waals surface area contributed by atoms with Gasteiger partial charge in [-0.05, 0) is 18.6 Å². The highest BCUT2D eigenvalue weighted by Crippen LogP contribution is 2.23. The second-order valence-corrected chi connectivity index (χ2v) is 12.3. The van der Waals surface area contributed by atoms with Crippen molar-refractivity contribution in [3.8, 4) is 0 Å². The quantitative estimate of drug-likeness (QED) is 0.649. The maximum atomic E-state index is 12.7. The zero-order chi connectivity index (χ0) is 20.4. The van der Waals surface area contributed by atoms with E-state index in [1.54, 1.807) is 11.3 Å². The third-order valence-corrected chi connectivity index (χ3v) is 9.19. The van der Waals surface area contributed by atoms with E-state index in [2.05, 4.69) is 20.8 Å². The molecule has 4 rings (SSSR count). The fraction of sp³-hybridized carbons (Fsp3) is 0.737. The minimum absolute atomic E-state index is 0.142. The Hall–Kier alpha value is -0.710. The zero-order valence-corrected chi connectivity index (χ0v) is 19.0. The summed E-state index contributed by atoms with van der Waals surface area (Å²) in [6.07, 6.45) is 0.734. The van der Waals surface area contributed by atoms with E-state index in [0.29, 0.717) is 25.4 Å². The van der Waals surface area contributed by atoms with Crippen molar-refractivity contribution in [3.05, 3.63) is 21.3 Å². The summed E-state index contributed by atoms with van der Waals surface area (Å²) in [4.78, 5) is 22.9. The average molecular weight is 461 g/mol. The second-order valence-electron chi connectivity index (χ2n) is 8.23. The molecule has 29 heavy (non-hydrogen) atoms. The molecule has 7 nitrogen and oxygen atoms in total. The number of piperazine rings is 2. The summed E-state index contributed by atoms with van der Waals surface area (Å²) in [5.74, 6) is 0.785. The van der Waals surface area contributed by atoms with Crippen molar-refractivity contribution >= 4 is 38.7 Å². The average Bonchev–Trinajstić information content (AvgIpc) is 3.28. The van der Waals surface area contributed by atoms with E-state index in [0.717, 1.165) is 56.6 Å². The molecule has 4 heterocycles. The van der Waals surface area contributed by atoms with Gasteiger partial charge in [0, 0.05) is 69.8 Å². The molecule has 3 aliphatic rings. The van der Waals surface area contributed by atoms with Crippen LogP contribution in [0, 0.1) is 0 Å². The molecule has 3 saturated heterocycles. The van der Waals surface area contributed by atoms with Crippen LogP contribution in [-0.4, -0.2) is 110 Å². The molecule has 0 saturated carbocycles. The van der Waals surface area contributed by atoms with Crippen molar-refractivity contribution in [1.82, 2.24) is 19.6 Å². The van der Waals surface area contributed by atoms with Crippen LogP contribution in [0.5, 0.6) is 0 Å². The first-order chi connectivity index (χ1) is 13.9. The van der Waals surface area contributed by atoms with E-state index in [-0.39, 0.29) is 17.7 Å². The molecule has 1 unspecified atom stereocenters. The monoisotopic (exact) mass is 460 g/mol. The Bertz CT molecular complexity index is 815. The van der Waals surface area contributed by atoms with Crippen molar-refractivity contribution in [1.29, 1.82) is 0 Å². The van der Waals surface area contributed by atoms with E-state index in [1.165, 1.54) is 4.88 Å². The van der Waals surface area contributed by atoms with Crippen molar-refractivity contribution in [2.75, 3.05) is 70.4 Å². The largest absolute Gasteiger partial charge is 0.339 e. The Kier molecular flexibility index (Phi) is 6.82. The molecule has 0 bridgehead atoms. The van der Waals surface area contributed by atoms with Crippen molar-refractivity contribution in [2.24, 2.45) is 0 Å². The zero-order valence-electron chi connectivity index (χ0n) is 16.6. The Labute approximate surface area is 182 Å². The SMILES string of the molecule is O=C(CN1CCN(Cc2ccc(Cl)s2)CC1)N1CCN(C2CCS(=O)(=O)C2)CC1. The number of hydrogen-bond donors (Lipinski definition) is 0. The van der Waals surface area contributed by atoms with Gasteiger partial charge in [-0.25, -0.2) is 8.42 Å². The first kappa shape index (κ1) is 21.5. The second kappa shape index (κ2) is 9.20. The third kappa shape index (κ3) is 5.71. The maximum absolute atomic E-state index is 12.7. The van der Waals surface area contributed by atoms with Gasteiger partial charge in [-0.15, -0.1) is 11.3 Å². The van der Waals surface area contributed by atoms with Crippen LogP contribution in [-0.2, 0) is 21.2 Å². The van der Waals surface area contributed by atoms with Gasteiger partial charge in [0.1, 0.15) is 0 Å². The summed E-state index contributed by atoms with van der Waals surface area (Å²) in [7, 11) is -2.86. The smallest absolute Gasteiger partial charge is 0.236 e. The summed E-state index contributed by atoms with van der Waals surface area (Å²) in [6.45, 7) is 8.12. The Morgan fingerprint density at radius 2 is 1.72 bits per heavy atom. The normalized spacial score (nSPS) is 26.8. The van der Waals surface area contributed by atoms with Gasteiger partial charge in [0.15, 0.2) is 9.84 Å². The Morgan fingerprint density at radius 1 is 1.03 bits per heavy atom. The van der Waals surface area contributed by atoms with E-state index >= 15 is 0 Å². The molecule has 0 aromatic carbocycles. The van der Waals surface area contributed by atoms with Crippen LogP contribution in [0.1, 0.15) is 11.3 Å².